The highest BCUT2D eigenvalue weighted by Crippen LogP contribution is 2.06. The third-order valence-corrected chi connectivity index (χ3v) is 3.28. The van der Waals surface area contributed by atoms with Gasteiger partial charge in [-0.15, -0.1) is 4.40 Å². The molecule has 1 rings (SSSR count). The number of rotatable bonds is 5. The van der Waals surface area contributed by atoms with Gasteiger partial charge in [0.1, 0.15) is 0 Å². The SMILES string of the molecule is CCO/C(Cc1ccc(C)cc1)=N\S(=O)(=O)NC(=O)OC. The maximum absolute atomic E-state index is 11.6. The van der Waals surface area contributed by atoms with E-state index in [0.29, 0.717) is 0 Å². The summed E-state index contributed by atoms with van der Waals surface area (Å²) < 4.78 is 37.8. The highest BCUT2D eigenvalue weighted by atomic mass is 32.2. The number of benzene rings is 1. The maximum Gasteiger partial charge on any atom is 0.422 e. The van der Waals surface area contributed by atoms with E-state index in [1.165, 1.54) is 0 Å². The Hall–Kier alpha value is -2.09. The van der Waals surface area contributed by atoms with Crippen molar-refractivity contribution in [2.75, 3.05) is 13.7 Å². The van der Waals surface area contributed by atoms with Crippen LogP contribution in [0.2, 0.25) is 0 Å². The molecule has 0 saturated heterocycles. The van der Waals surface area contributed by atoms with Crippen LogP contribution in [0.25, 0.3) is 0 Å². The van der Waals surface area contributed by atoms with Gasteiger partial charge in [-0.05, 0) is 19.4 Å². The highest BCUT2D eigenvalue weighted by Gasteiger charge is 2.15. The molecule has 21 heavy (non-hydrogen) atoms. The minimum atomic E-state index is -4.20. The maximum atomic E-state index is 11.6. The van der Waals surface area contributed by atoms with E-state index in [0.717, 1.165) is 18.2 Å². The molecule has 8 heteroatoms. The number of nitrogens with one attached hydrogen (secondary N) is 1. The average Bonchev–Trinajstić information content (AvgIpc) is 2.40. The van der Waals surface area contributed by atoms with Crippen LogP contribution in [0.3, 0.4) is 0 Å². The van der Waals surface area contributed by atoms with Crippen molar-refractivity contribution >= 4 is 22.2 Å². The third-order valence-electron chi connectivity index (χ3n) is 2.41. The van der Waals surface area contributed by atoms with E-state index >= 15 is 0 Å². The molecule has 0 spiro atoms. The standard InChI is InChI=1S/C13H18N2O5S/c1-4-20-12(9-11-7-5-10(2)6-8-11)14-21(17,18)15-13(16)19-3/h5-8H,4,9H2,1-3H3,(H,15,16)/b14-12-. The van der Waals surface area contributed by atoms with E-state index in [4.69, 9.17) is 4.74 Å². The minimum Gasteiger partial charge on any atom is -0.480 e. The van der Waals surface area contributed by atoms with Gasteiger partial charge < -0.3 is 9.47 Å². The van der Waals surface area contributed by atoms with Crippen LogP contribution < -0.4 is 4.72 Å². The Morgan fingerprint density at radius 2 is 1.90 bits per heavy atom. The number of carbonyl (C=O) groups excluding carboxylic acids is 1. The van der Waals surface area contributed by atoms with E-state index in [1.54, 1.807) is 11.6 Å². The minimum absolute atomic E-state index is 0.00208. The fraction of sp³-hybridized carbons (Fsp3) is 0.385. The monoisotopic (exact) mass is 314 g/mol. The van der Waals surface area contributed by atoms with Crippen LogP contribution >= 0.6 is 0 Å². The smallest absolute Gasteiger partial charge is 0.422 e. The second-order valence-electron chi connectivity index (χ2n) is 4.15. The number of ether oxygens (including phenoxy) is 2. The van der Waals surface area contributed by atoms with Gasteiger partial charge in [0.15, 0.2) is 0 Å². The summed E-state index contributed by atoms with van der Waals surface area (Å²) in [5, 5.41) is 0. The molecule has 1 N–H and O–H groups in total. The lowest BCUT2D eigenvalue weighted by molar-refractivity contribution is 0.177. The lowest BCUT2D eigenvalue weighted by atomic mass is 10.1. The fourth-order valence-corrected chi connectivity index (χ4v) is 2.19. The molecule has 7 nitrogen and oxygen atoms in total. The molecule has 0 heterocycles. The van der Waals surface area contributed by atoms with Gasteiger partial charge in [-0.25, -0.2) is 4.79 Å². The Kier molecular flexibility index (Phi) is 6.16. The van der Waals surface area contributed by atoms with Gasteiger partial charge in [-0.1, -0.05) is 29.8 Å². The lowest BCUT2D eigenvalue weighted by Crippen LogP contribution is -2.30. The van der Waals surface area contributed by atoms with E-state index in [1.807, 2.05) is 31.2 Å². The second-order valence-corrected chi connectivity index (χ2v) is 5.49. The number of methoxy groups -OCH3 is 1. The third kappa shape index (κ3) is 6.26. The number of carbonyl (C=O) groups is 1. The first-order chi connectivity index (χ1) is 9.86. The number of hydrogen-bond acceptors (Lipinski definition) is 5. The molecule has 1 amide bonds. The number of amides is 1. The molecule has 1 aromatic rings. The van der Waals surface area contributed by atoms with Crippen LogP contribution in [-0.4, -0.2) is 34.1 Å². The summed E-state index contributed by atoms with van der Waals surface area (Å²) in [6.45, 7) is 3.93. The van der Waals surface area contributed by atoms with Crippen LogP contribution in [0.5, 0.6) is 0 Å². The molecule has 0 atom stereocenters. The van der Waals surface area contributed by atoms with Gasteiger partial charge in [-0.2, -0.15) is 13.1 Å². The van der Waals surface area contributed by atoms with Crippen molar-refractivity contribution in [2.45, 2.75) is 20.3 Å². The van der Waals surface area contributed by atoms with Crippen LogP contribution in [0.4, 0.5) is 4.79 Å². The summed E-state index contributed by atoms with van der Waals surface area (Å²) in [6, 6.07) is 7.51. The molecule has 0 saturated carbocycles. The first kappa shape index (κ1) is 17.0. The molecule has 1 aromatic carbocycles. The van der Waals surface area contributed by atoms with Gasteiger partial charge >= 0.3 is 16.3 Å². The number of hydrogen-bond donors (Lipinski definition) is 1. The Bertz CT molecular complexity index is 608. The van der Waals surface area contributed by atoms with E-state index in [9.17, 15) is 13.2 Å². The molecule has 0 aliphatic carbocycles. The van der Waals surface area contributed by atoms with E-state index < -0.39 is 16.3 Å². The van der Waals surface area contributed by atoms with E-state index in [-0.39, 0.29) is 18.9 Å². The summed E-state index contributed by atoms with van der Waals surface area (Å²) in [7, 11) is -3.14. The van der Waals surface area contributed by atoms with Crippen molar-refractivity contribution < 1.29 is 22.7 Å². The van der Waals surface area contributed by atoms with Gasteiger partial charge in [0.25, 0.3) is 0 Å². The summed E-state index contributed by atoms with van der Waals surface area (Å²) in [5.74, 6) is -0.00208. The zero-order valence-corrected chi connectivity index (χ0v) is 12.9. The van der Waals surface area contributed by atoms with Crippen LogP contribution in [0.1, 0.15) is 18.1 Å². The Balaban J connectivity index is 2.92. The number of nitrogens with zero attached hydrogens (tertiary/aromatic N) is 1. The zero-order valence-electron chi connectivity index (χ0n) is 12.1. The first-order valence-corrected chi connectivity index (χ1v) is 7.68. The molecule has 0 bridgehead atoms. The molecular weight excluding hydrogens is 296 g/mol. The van der Waals surface area contributed by atoms with E-state index in [2.05, 4.69) is 9.13 Å². The van der Waals surface area contributed by atoms with Crippen LogP contribution in [0, 0.1) is 6.92 Å². The van der Waals surface area contributed by atoms with Gasteiger partial charge in [0, 0.05) is 6.42 Å². The predicted octanol–water partition coefficient (Wildman–Crippen LogP) is 1.57. The molecule has 0 fully saturated rings. The zero-order chi connectivity index (χ0) is 15.9. The normalized spacial score (nSPS) is 11.9. The Morgan fingerprint density at radius 3 is 2.43 bits per heavy atom. The number of aryl methyl sites for hydroxylation is 1. The van der Waals surface area contributed by atoms with Gasteiger partial charge in [0.05, 0.1) is 13.7 Å². The Morgan fingerprint density at radius 1 is 1.29 bits per heavy atom. The summed E-state index contributed by atoms with van der Waals surface area (Å²) >= 11 is 0. The average molecular weight is 314 g/mol. The van der Waals surface area contributed by atoms with Crippen molar-refractivity contribution in [3.05, 3.63) is 35.4 Å². The summed E-state index contributed by atoms with van der Waals surface area (Å²) in [6.07, 6.45) is -0.902. The van der Waals surface area contributed by atoms with Gasteiger partial charge in [-0.3, -0.25) is 0 Å². The molecule has 0 aromatic heterocycles. The molecule has 0 radical (unpaired) electrons. The van der Waals surface area contributed by atoms with Crippen molar-refractivity contribution in [1.29, 1.82) is 0 Å². The van der Waals surface area contributed by atoms with Crippen molar-refractivity contribution in [3.63, 3.8) is 0 Å². The lowest BCUT2D eigenvalue weighted by Gasteiger charge is -2.08. The molecular formula is C13H18N2O5S. The van der Waals surface area contributed by atoms with Gasteiger partial charge in [0.2, 0.25) is 5.90 Å². The van der Waals surface area contributed by atoms with Crippen molar-refractivity contribution in [2.24, 2.45) is 4.40 Å². The quantitative estimate of drug-likeness (QED) is 0.657. The predicted molar refractivity (Wildman–Crippen MR) is 78.4 cm³/mol. The first-order valence-electron chi connectivity index (χ1n) is 6.24. The largest absolute Gasteiger partial charge is 0.480 e. The van der Waals surface area contributed by atoms with Crippen molar-refractivity contribution in [3.8, 4) is 0 Å². The van der Waals surface area contributed by atoms with Crippen molar-refractivity contribution in [1.82, 2.24) is 4.72 Å². The fourth-order valence-electron chi connectivity index (χ4n) is 1.46. The Labute approximate surface area is 124 Å². The molecule has 0 unspecified atom stereocenters. The molecule has 0 aliphatic heterocycles. The summed E-state index contributed by atoms with van der Waals surface area (Å²) in [4.78, 5) is 10.9. The highest BCUT2D eigenvalue weighted by molar-refractivity contribution is 7.88. The molecule has 116 valence electrons. The topological polar surface area (TPSA) is 94.1 Å². The second kappa shape index (κ2) is 7.63. The molecule has 0 aliphatic rings. The van der Waals surface area contributed by atoms with Crippen LogP contribution in [0.15, 0.2) is 28.7 Å². The van der Waals surface area contributed by atoms with Crippen LogP contribution in [-0.2, 0) is 26.1 Å². The summed E-state index contributed by atoms with van der Waals surface area (Å²) in [5.41, 5.74) is 1.94.